The Morgan fingerprint density at radius 2 is 1.35 bits per heavy atom. The van der Waals surface area contributed by atoms with Crippen molar-refractivity contribution in [2.75, 3.05) is 0 Å². The van der Waals surface area contributed by atoms with E-state index in [1.165, 1.54) is 38.5 Å². The summed E-state index contributed by atoms with van der Waals surface area (Å²) in [6.45, 7) is 7.31. The van der Waals surface area contributed by atoms with Gasteiger partial charge < -0.3 is 9.13 Å². The molecule has 5 rings (SSSR count). The van der Waals surface area contributed by atoms with Crippen molar-refractivity contribution in [2.24, 2.45) is 13.0 Å². The van der Waals surface area contributed by atoms with E-state index in [9.17, 15) is 0 Å². The second kappa shape index (κ2) is 7.96. The molecule has 2 heteroatoms. The molecule has 0 radical (unpaired) electrons. The average Bonchev–Trinajstić information content (AvgIpc) is 3.33. The first-order valence-electron chi connectivity index (χ1n) is 11.0. The number of rotatable bonds is 6. The lowest BCUT2D eigenvalue weighted by atomic mass is 9.81. The lowest BCUT2D eigenvalue weighted by molar-refractivity contribution is 0.628. The van der Waals surface area contributed by atoms with E-state index in [4.69, 9.17) is 0 Å². The fourth-order valence-electron chi connectivity index (χ4n) is 4.92. The highest BCUT2D eigenvalue weighted by atomic mass is 15.0. The van der Waals surface area contributed by atoms with Crippen LogP contribution in [0.1, 0.15) is 29.5 Å². The van der Waals surface area contributed by atoms with Gasteiger partial charge in [0, 0.05) is 53.7 Å². The number of hydrogen-bond donors (Lipinski definition) is 0. The Morgan fingerprint density at radius 1 is 0.774 bits per heavy atom. The van der Waals surface area contributed by atoms with E-state index < -0.39 is 0 Å². The molecule has 0 bridgehead atoms. The molecule has 2 atom stereocenters. The number of aryl methyl sites for hydroxylation is 1. The summed E-state index contributed by atoms with van der Waals surface area (Å²) in [5.74, 6) is 0.548. The van der Waals surface area contributed by atoms with Gasteiger partial charge in [-0.05, 0) is 34.7 Å². The van der Waals surface area contributed by atoms with Crippen LogP contribution in [0.15, 0.2) is 104 Å². The first kappa shape index (κ1) is 19.4. The highest BCUT2D eigenvalue weighted by Gasteiger charge is 2.26. The van der Waals surface area contributed by atoms with Crippen molar-refractivity contribution >= 4 is 21.8 Å². The Morgan fingerprint density at radius 3 is 2.06 bits per heavy atom. The van der Waals surface area contributed by atoms with E-state index in [0.717, 1.165) is 6.54 Å². The van der Waals surface area contributed by atoms with Gasteiger partial charge in [-0.1, -0.05) is 79.7 Å². The molecule has 0 spiro atoms. The maximum atomic E-state index is 4.16. The van der Waals surface area contributed by atoms with Crippen LogP contribution >= 0.6 is 0 Å². The number of allylic oxidation sites excluding steroid dienone is 1. The standard InChI is InChI=1S/C29H28N2/c1-4-21(2)29(25-19-30(3)27-16-10-8-14-23(25)27)26-20-31(18-22-12-6-5-7-13-22)28-17-11-9-15-24(26)28/h4-17,19-21,29H,1,18H2,2-3H3. The molecule has 0 N–H and O–H groups in total. The van der Waals surface area contributed by atoms with Crippen LogP contribution in [0.2, 0.25) is 0 Å². The van der Waals surface area contributed by atoms with Crippen LogP contribution in [-0.4, -0.2) is 9.13 Å². The number of hydrogen-bond acceptors (Lipinski definition) is 0. The Labute approximate surface area is 184 Å². The molecule has 0 fully saturated rings. The van der Waals surface area contributed by atoms with E-state index in [1.807, 2.05) is 0 Å². The van der Waals surface area contributed by atoms with Gasteiger partial charge in [-0.2, -0.15) is 0 Å². The second-order valence-electron chi connectivity index (χ2n) is 8.50. The zero-order valence-corrected chi connectivity index (χ0v) is 18.2. The summed E-state index contributed by atoms with van der Waals surface area (Å²) in [6, 6.07) is 28.2. The summed E-state index contributed by atoms with van der Waals surface area (Å²) < 4.78 is 4.64. The minimum Gasteiger partial charge on any atom is -0.350 e. The molecule has 31 heavy (non-hydrogen) atoms. The zero-order chi connectivity index (χ0) is 21.4. The maximum Gasteiger partial charge on any atom is 0.0486 e. The Bertz CT molecular complexity index is 1350. The summed E-state index contributed by atoms with van der Waals surface area (Å²) in [6.07, 6.45) is 6.76. The van der Waals surface area contributed by atoms with E-state index in [-0.39, 0.29) is 5.92 Å². The number of para-hydroxylation sites is 2. The third-order valence-electron chi connectivity index (χ3n) is 6.51. The van der Waals surface area contributed by atoms with Gasteiger partial charge in [0.25, 0.3) is 0 Å². The predicted octanol–water partition coefficient (Wildman–Crippen LogP) is 7.14. The van der Waals surface area contributed by atoms with E-state index >= 15 is 0 Å². The van der Waals surface area contributed by atoms with Crippen molar-refractivity contribution < 1.29 is 0 Å². The first-order valence-corrected chi connectivity index (χ1v) is 11.0. The topological polar surface area (TPSA) is 9.86 Å². The molecule has 5 aromatic rings. The summed E-state index contributed by atoms with van der Waals surface area (Å²) in [5.41, 5.74) is 6.60. The van der Waals surface area contributed by atoms with E-state index in [0.29, 0.717) is 5.92 Å². The van der Waals surface area contributed by atoms with Gasteiger partial charge in [0.1, 0.15) is 0 Å². The first-order chi connectivity index (χ1) is 15.2. The van der Waals surface area contributed by atoms with E-state index in [2.05, 4.69) is 127 Å². The van der Waals surface area contributed by atoms with Gasteiger partial charge in [0.15, 0.2) is 0 Å². The molecule has 0 aliphatic carbocycles. The minimum absolute atomic E-state index is 0.241. The molecule has 2 heterocycles. The fraction of sp³-hybridized carbons (Fsp3) is 0.172. The lowest BCUT2D eigenvalue weighted by Gasteiger charge is -2.21. The Hall–Kier alpha value is -3.52. The molecule has 0 saturated heterocycles. The molecule has 0 saturated carbocycles. The van der Waals surface area contributed by atoms with Gasteiger partial charge in [0.2, 0.25) is 0 Å². The molecule has 154 valence electrons. The molecule has 0 aliphatic rings. The lowest BCUT2D eigenvalue weighted by Crippen LogP contribution is -2.09. The highest BCUT2D eigenvalue weighted by Crippen LogP contribution is 2.41. The smallest absolute Gasteiger partial charge is 0.0486 e. The van der Waals surface area contributed by atoms with Crippen molar-refractivity contribution in [2.45, 2.75) is 19.4 Å². The predicted molar refractivity (Wildman–Crippen MR) is 132 cm³/mol. The van der Waals surface area contributed by atoms with Gasteiger partial charge in [-0.15, -0.1) is 6.58 Å². The highest BCUT2D eigenvalue weighted by molar-refractivity contribution is 5.89. The van der Waals surface area contributed by atoms with Gasteiger partial charge >= 0.3 is 0 Å². The largest absolute Gasteiger partial charge is 0.350 e. The quantitative estimate of drug-likeness (QED) is 0.266. The van der Waals surface area contributed by atoms with E-state index in [1.54, 1.807) is 0 Å². The summed E-state index contributed by atoms with van der Waals surface area (Å²) >= 11 is 0. The third-order valence-corrected chi connectivity index (χ3v) is 6.51. The zero-order valence-electron chi connectivity index (χ0n) is 18.2. The van der Waals surface area contributed by atoms with Crippen LogP contribution in [0.4, 0.5) is 0 Å². The van der Waals surface area contributed by atoms with Crippen LogP contribution in [0.5, 0.6) is 0 Å². The second-order valence-corrected chi connectivity index (χ2v) is 8.50. The molecule has 0 amide bonds. The van der Waals surface area contributed by atoms with Gasteiger partial charge in [-0.25, -0.2) is 0 Å². The van der Waals surface area contributed by atoms with Gasteiger partial charge in [0.05, 0.1) is 0 Å². The summed E-state index contributed by atoms with van der Waals surface area (Å²) in [7, 11) is 2.14. The SMILES string of the molecule is C=CC(C)C(c1cn(C)c2ccccc12)c1cn(Cc2ccccc2)c2ccccc12. The average molecular weight is 405 g/mol. The number of nitrogens with zero attached hydrogens (tertiary/aromatic N) is 2. The normalized spacial score (nSPS) is 13.5. The van der Waals surface area contributed by atoms with Crippen LogP contribution in [0.3, 0.4) is 0 Å². The number of fused-ring (bicyclic) bond motifs is 2. The maximum absolute atomic E-state index is 4.16. The van der Waals surface area contributed by atoms with Crippen molar-refractivity contribution in [3.8, 4) is 0 Å². The number of aromatic nitrogens is 2. The molecule has 2 nitrogen and oxygen atoms in total. The Balaban J connectivity index is 1.72. The number of benzene rings is 3. The van der Waals surface area contributed by atoms with Crippen molar-refractivity contribution in [1.82, 2.24) is 9.13 Å². The van der Waals surface area contributed by atoms with Crippen molar-refractivity contribution in [1.29, 1.82) is 0 Å². The van der Waals surface area contributed by atoms with Crippen LogP contribution < -0.4 is 0 Å². The molecule has 0 aliphatic heterocycles. The monoisotopic (exact) mass is 404 g/mol. The molecular formula is C29H28N2. The Kier molecular flexibility index (Phi) is 4.99. The van der Waals surface area contributed by atoms with Crippen molar-refractivity contribution in [3.63, 3.8) is 0 Å². The summed E-state index contributed by atoms with van der Waals surface area (Å²) in [4.78, 5) is 0. The van der Waals surface area contributed by atoms with Crippen LogP contribution in [-0.2, 0) is 13.6 Å². The fourth-order valence-corrected chi connectivity index (χ4v) is 4.92. The van der Waals surface area contributed by atoms with Crippen molar-refractivity contribution in [3.05, 3.63) is 121 Å². The molecule has 3 aromatic carbocycles. The summed E-state index contributed by atoms with van der Waals surface area (Å²) in [5, 5.41) is 2.65. The van der Waals surface area contributed by atoms with Gasteiger partial charge in [-0.3, -0.25) is 0 Å². The third kappa shape index (κ3) is 3.38. The minimum atomic E-state index is 0.241. The molecular weight excluding hydrogens is 376 g/mol. The molecule has 2 aromatic heterocycles. The van der Waals surface area contributed by atoms with Crippen LogP contribution in [0, 0.1) is 5.92 Å². The molecule has 2 unspecified atom stereocenters. The van der Waals surface area contributed by atoms with Crippen LogP contribution in [0.25, 0.3) is 21.8 Å².